The average molecular weight is 396 g/mol. The van der Waals surface area contributed by atoms with Gasteiger partial charge < -0.3 is 9.72 Å². The zero-order valence-corrected chi connectivity index (χ0v) is 16.4. The van der Waals surface area contributed by atoms with Gasteiger partial charge in [-0.05, 0) is 51.0 Å². The van der Waals surface area contributed by atoms with Crippen molar-refractivity contribution in [1.29, 1.82) is 0 Å². The summed E-state index contributed by atoms with van der Waals surface area (Å²) >= 11 is 11.9. The van der Waals surface area contributed by atoms with E-state index in [-0.39, 0.29) is 17.9 Å². The predicted molar refractivity (Wildman–Crippen MR) is 100 cm³/mol. The number of carbonyl (C=O) groups excluding carboxylic acids is 3. The van der Waals surface area contributed by atoms with Gasteiger partial charge >= 0.3 is 5.97 Å². The fourth-order valence-electron chi connectivity index (χ4n) is 2.84. The summed E-state index contributed by atoms with van der Waals surface area (Å²) in [5.74, 6) is -1.10. The summed E-state index contributed by atoms with van der Waals surface area (Å²) in [6.45, 7) is 6.35. The number of esters is 1. The van der Waals surface area contributed by atoms with Gasteiger partial charge in [-0.3, -0.25) is 14.4 Å². The van der Waals surface area contributed by atoms with E-state index in [0.29, 0.717) is 32.4 Å². The number of Topliss-reactive ketones (excluding diaryl/α,β-unsaturated/α-hetero) is 2. The van der Waals surface area contributed by atoms with Crippen LogP contribution >= 0.6 is 23.2 Å². The number of nitrogens with one attached hydrogen (secondary N) is 1. The maximum absolute atomic E-state index is 12.6. The lowest BCUT2D eigenvalue weighted by Crippen LogP contribution is -2.26. The first-order valence-corrected chi connectivity index (χ1v) is 8.75. The van der Waals surface area contributed by atoms with E-state index in [0.717, 1.165) is 0 Å². The molecule has 0 bridgehead atoms. The predicted octanol–water partition coefficient (Wildman–Crippen LogP) is 4.50. The van der Waals surface area contributed by atoms with Crippen molar-refractivity contribution in [2.75, 3.05) is 0 Å². The molecule has 0 spiro atoms. The van der Waals surface area contributed by atoms with Crippen molar-refractivity contribution in [1.82, 2.24) is 4.98 Å². The molecule has 2 rings (SSSR count). The topological polar surface area (TPSA) is 76.2 Å². The van der Waals surface area contributed by atoms with Crippen LogP contribution in [0.2, 0.25) is 10.0 Å². The Morgan fingerprint density at radius 1 is 1.19 bits per heavy atom. The number of aromatic nitrogens is 1. The second-order valence-corrected chi connectivity index (χ2v) is 6.93. The van der Waals surface area contributed by atoms with Gasteiger partial charge in [0.2, 0.25) is 5.78 Å². The molecule has 0 aliphatic heterocycles. The van der Waals surface area contributed by atoms with E-state index in [1.54, 1.807) is 26.0 Å². The summed E-state index contributed by atoms with van der Waals surface area (Å²) in [4.78, 5) is 39.3. The van der Waals surface area contributed by atoms with Gasteiger partial charge in [-0.15, -0.1) is 0 Å². The summed E-state index contributed by atoms with van der Waals surface area (Å²) in [6.07, 6.45) is -1.07. The highest BCUT2D eigenvalue weighted by Crippen LogP contribution is 2.23. The van der Waals surface area contributed by atoms with Gasteiger partial charge in [0.15, 0.2) is 11.9 Å². The number of halogens is 2. The van der Waals surface area contributed by atoms with Crippen molar-refractivity contribution in [3.05, 3.63) is 56.3 Å². The molecular formula is C19H19Cl2NO4. The Kier molecular flexibility index (Phi) is 6.26. The zero-order valence-electron chi connectivity index (χ0n) is 14.9. The highest BCUT2D eigenvalue weighted by molar-refractivity contribution is 6.35. The molecule has 2 aromatic rings. The van der Waals surface area contributed by atoms with Crippen LogP contribution in [0.1, 0.15) is 51.5 Å². The van der Waals surface area contributed by atoms with Crippen LogP contribution in [-0.4, -0.2) is 28.6 Å². The molecule has 138 valence electrons. The van der Waals surface area contributed by atoms with Crippen LogP contribution in [0.25, 0.3) is 0 Å². The molecule has 0 unspecified atom stereocenters. The second kappa shape index (κ2) is 8.06. The number of ether oxygens (including phenoxy) is 1. The first kappa shape index (κ1) is 20.2. The minimum absolute atomic E-state index is 0.0744. The molecule has 0 radical (unpaired) electrons. The summed E-state index contributed by atoms with van der Waals surface area (Å²) in [6, 6.07) is 4.80. The number of aromatic amines is 1. The fraction of sp³-hybridized carbons (Fsp3) is 0.316. The SMILES string of the molecule is CC(=O)c1c(C)[nH]c(C(=O)[C@@H](C)OC(=O)Cc2ccc(Cl)cc2Cl)c1C. The van der Waals surface area contributed by atoms with Gasteiger partial charge in [0.05, 0.1) is 12.1 Å². The van der Waals surface area contributed by atoms with Crippen LogP contribution in [0, 0.1) is 13.8 Å². The van der Waals surface area contributed by atoms with E-state index in [1.807, 2.05) is 0 Å². The molecule has 1 atom stereocenters. The van der Waals surface area contributed by atoms with Crippen LogP contribution < -0.4 is 0 Å². The van der Waals surface area contributed by atoms with Crippen LogP contribution in [0.15, 0.2) is 18.2 Å². The summed E-state index contributed by atoms with van der Waals surface area (Å²) in [5.41, 5.74) is 2.50. The van der Waals surface area contributed by atoms with E-state index in [1.165, 1.54) is 19.9 Å². The highest BCUT2D eigenvalue weighted by Gasteiger charge is 2.26. The normalized spacial score (nSPS) is 11.9. The Morgan fingerprint density at radius 2 is 1.85 bits per heavy atom. The smallest absolute Gasteiger partial charge is 0.311 e. The third-order valence-corrected chi connectivity index (χ3v) is 4.65. The second-order valence-electron chi connectivity index (χ2n) is 6.09. The minimum atomic E-state index is -0.995. The van der Waals surface area contributed by atoms with Crippen LogP contribution in [-0.2, 0) is 16.0 Å². The number of hydrogen-bond donors (Lipinski definition) is 1. The number of ketones is 2. The van der Waals surface area contributed by atoms with Gasteiger partial charge in [0.1, 0.15) is 0 Å². The number of H-pyrrole nitrogens is 1. The van der Waals surface area contributed by atoms with E-state index in [9.17, 15) is 14.4 Å². The molecule has 1 heterocycles. The van der Waals surface area contributed by atoms with Crippen LogP contribution in [0.3, 0.4) is 0 Å². The highest BCUT2D eigenvalue weighted by atomic mass is 35.5. The summed E-state index contributed by atoms with van der Waals surface area (Å²) in [5, 5.41) is 0.824. The third kappa shape index (κ3) is 4.34. The molecule has 0 aliphatic carbocycles. The monoisotopic (exact) mass is 395 g/mol. The molecule has 5 nitrogen and oxygen atoms in total. The van der Waals surface area contributed by atoms with Crippen molar-refractivity contribution in [3.63, 3.8) is 0 Å². The molecule has 1 aromatic heterocycles. The molecule has 1 aromatic carbocycles. The molecule has 26 heavy (non-hydrogen) atoms. The molecule has 0 saturated carbocycles. The lowest BCUT2D eigenvalue weighted by atomic mass is 10.0. The number of benzene rings is 1. The van der Waals surface area contributed by atoms with E-state index in [4.69, 9.17) is 27.9 Å². The van der Waals surface area contributed by atoms with Crippen LogP contribution in [0.4, 0.5) is 0 Å². The molecule has 0 saturated heterocycles. The largest absolute Gasteiger partial charge is 0.454 e. The Bertz CT molecular complexity index is 886. The summed E-state index contributed by atoms with van der Waals surface area (Å²) in [7, 11) is 0. The number of aryl methyl sites for hydroxylation is 1. The molecule has 0 amide bonds. The minimum Gasteiger partial charge on any atom is -0.454 e. The standard InChI is InChI=1S/C19H19Cl2NO4/c1-9-17(11(3)23)10(2)22-18(9)19(25)12(4)26-16(24)7-13-5-6-14(20)8-15(13)21/h5-6,8,12,22H,7H2,1-4H3/t12-/m1/s1. The Hall–Kier alpha value is -2.11. The molecule has 1 N–H and O–H groups in total. The lowest BCUT2D eigenvalue weighted by Gasteiger charge is -2.13. The first-order valence-electron chi connectivity index (χ1n) is 7.99. The molecule has 0 aliphatic rings. The average Bonchev–Trinajstić information content (AvgIpc) is 2.84. The van der Waals surface area contributed by atoms with Gasteiger partial charge in [0.25, 0.3) is 0 Å². The maximum Gasteiger partial charge on any atom is 0.311 e. The lowest BCUT2D eigenvalue weighted by molar-refractivity contribution is -0.145. The molecule has 0 fully saturated rings. The molecular weight excluding hydrogens is 377 g/mol. The van der Waals surface area contributed by atoms with E-state index >= 15 is 0 Å². The number of rotatable bonds is 6. The van der Waals surface area contributed by atoms with Gasteiger partial charge in [-0.25, -0.2) is 0 Å². The van der Waals surface area contributed by atoms with Crippen molar-refractivity contribution < 1.29 is 19.1 Å². The Morgan fingerprint density at radius 3 is 2.38 bits per heavy atom. The third-order valence-electron chi connectivity index (χ3n) is 4.06. The van der Waals surface area contributed by atoms with Gasteiger partial charge in [-0.2, -0.15) is 0 Å². The fourth-order valence-corrected chi connectivity index (χ4v) is 3.32. The maximum atomic E-state index is 12.6. The van der Waals surface area contributed by atoms with Crippen molar-refractivity contribution >= 4 is 40.7 Å². The molecule has 7 heteroatoms. The number of hydrogen-bond acceptors (Lipinski definition) is 4. The van der Waals surface area contributed by atoms with Gasteiger partial charge in [-0.1, -0.05) is 29.3 Å². The van der Waals surface area contributed by atoms with Crippen LogP contribution in [0.5, 0.6) is 0 Å². The number of carbonyl (C=O) groups is 3. The van der Waals surface area contributed by atoms with Crippen molar-refractivity contribution in [3.8, 4) is 0 Å². The Labute approximate surface area is 161 Å². The summed E-state index contributed by atoms with van der Waals surface area (Å²) < 4.78 is 5.24. The first-order chi connectivity index (χ1) is 12.1. The zero-order chi connectivity index (χ0) is 19.6. The van der Waals surface area contributed by atoms with Crippen molar-refractivity contribution in [2.45, 2.75) is 40.2 Å². The van der Waals surface area contributed by atoms with Gasteiger partial charge in [0, 0.05) is 21.3 Å². The Balaban J connectivity index is 2.10. The van der Waals surface area contributed by atoms with E-state index < -0.39 is 17.9 Å². The van der Waals surface area contributed by atoms with Crippen molar-refractivity contribution in [2.24, 2.45) is 0 Å². The quantitative estimate of drug-likeness (QED) is 0.576. The van der Waals surface area contributed by atoms with E-state index in [2.05, 4.69) is 4.98 Å².